The van der Waals surface area contributed by atoms with Crippen molar-refractivity contribution in [2.45, 2.75) is 26.2 Å². The first-order chi connectivity index (χ1) is 11.3. The van der Waals surface area contributed by atoms with Crippen molar-refractivity contribution in [3.63, 3.8) is 0 Å². The van der Waals surface area contributed by atoms with Crippen LogP contribution >= 0.6 is 23.2 Å². The Labute approximate surface area is 152 Å². The highest BCUT2D eigenvalue weighted by molar-refractivity contribution is 6.39. The molecule has 0 aliphatic heterocycles. The summed E-state index contributed by atoms with van der Waals surface area (Å²) in [5.74, 6) is 0.161. The van der Waals surface area contributed by atoms with Crippen molar-refractivity contribution in [2.24, 2.45) is 0 Å². The van der Waals surface area contributed by atoms with Crippen LogP contribution in [0, 0.1) is 0 Å². The molecular weight excluding hydrogens is 341 g/mol. The Morgan fingerprint density at radius 1 is 0.917 bits per heavy atom. The molecule has 3 aromatic rings. The molecule has 3 rings (SSSR count). The summed E-state index contributed by atoms with van der Waals surface area (Å²) in [6, 6.07) is 13.2. The Bertz CT molecular complexity index is 857. The first-order valence-corrected chi connectivity index (χ1v) is 8.50. The zero-order chi connectivity index (χ0) is 17.5. The number of aromatic nitrogens is 1. The molecule has 2 nitrogen and oxygen atoms in total. The molecule has 2 aromatic carbocycles. The van der Waals surface area contributed by atoms with Gasteiger partial charge in [-0.05, 0) is 47.4 Å². The molecule has 4 heteroatoms. The van der Waals surface area contributed by atoms with Crippen LogP contribution in [0.1, 0.15) is 26.3 Å². The summed E-state index contributed by atoms with van der Waals surface area (Å²) in [6.45, 7) is 6.41. The van der Waals surface area contributed by atoms with Gasteiger partial charge in [0.05, 0.1) is 15.7 Å². The second-order valence-corrected chi connectivity index (χ2v) is 7.64. The van der Waals surface area contributed by atoms with Crippen LogP contribution in [0.15, 0.2) is 54.9 Å². The largest absolute Gasteiger partial charge is 0.505 e. The van der Waals surface area contributed by atoms with E-state index in [4.69, 9.17) is 23.2 Å². The van der Waals surface area contributed by atoms with Crippen LogP contribution in [-0.2, 0) is 5.41 Å². The van der Waals surface area contributed by atoms with Gasteiger partial charge in [-0.25, -0.2) is 0 Å². The second kappa shape index (κ2) is 6.19. The van der Waals surface area contributed by atoms with Crippen molar-refractivity contribution in [1.82, 2.24) is 4.57 Å². The molecule has 0 aliphatic rings. The lowest BCUT2D eigenvalue weighted by molar-refractivity contribution is 0.473. The van der Waals surface area contributed by atoms with E-state index in [1.54, 1.807) is 18.2 Å². The van der Waals surface area contributed by atoms with Gasteiger partial charge in [-0.15, -0.1) is 0 Å². The lowest BCUT2D eigenvalue weighted by Crippen LogP contribution is -2.12. The van der Waals surface area contributed by atoms with Crippen LogP contribution in [0.25, 0.3) is 16.8 Å². The van der Waals surface area contributed by atoms with Crippen LogP contribution in [0.4, 0.5) is 0 Å². The fraction of sp³-hybridized carbons (Fsp3) is 0.200. The maximum atomic E-state index is 10.9. The molecule has 1 N–H and O–H groups in total. The summed E-state index contributed by atoms with van der Waals surface area (Å²) >= 11 is 12.8. The van der Waals surface area contributed by atoms with Crippen molar-refractivity contribution >= 4 is 23.2 Å². The van der Waals surface area contributed by atoms with Gasteiger partial charge in [0.2, 0.25) is 0 Å². The van der Waals surface area contributed by atoms with E-state index in [-0.39, 0.29) is 11.2 Å². The summed E-state index contributed by atoms with van der Waals surface area (Å²) in [5.41, 5.74) is 3.01. The predicted molar refractivity (Wildman–Crippen MR) is 102 cm³/mol. The van der Waals surface area contributed by atoms with E-state index in [1.807, 2.05) is 41.2 Å². The van der Waals surface area contributed by atoms with E-state index in [2.05, 4.69) is 20.8 Å². The molecule has 0 radical (unpaired) electrons. The third-order valence-corrected chi connectivity index (χ3v) is 4.70. The molecule has 0 amide bonds. The fourth-order valence-corrected chi connectivity index (χ4v) is 3.29. The Hall–Kier alpha value is -1.90. The highest BCUT2D eigenvalue weighted by Gasteiger charge is 2.22. The first-order valence-electron chi connectivity index (χ1n) is 7.74. The van der Waals surface area contributed by atoms with Crippen LogP contribution in [0.2, 0.25) is 10.0 Å². The standard InChI is InChI=1S/C20H19Cl2NO/c1-20(2,3)13-11-14(18-15(21)7-6-8-16(18)22)19(24)17(12-13)23-9-4-5-10-23/h4-12,24H,1-3H3. The fourth-order valence-electron chi connectivity index (χ4n) is 2.69. The number of nitrogens with zero attached hydrogens (tertiary/aromatic N) is 1. The number of hydrogen-bond acceptors (Lipinski definition) is 1. The van der Waals surface area contributed by atoms with E-state index >= 15 is 0 Å². The number of aromatic hydroxyl groups is 1. The first kappa shape index (κ1) is 16.9. The van der Waals surface area contributed by atoms with Crippen molar-refractivity contribution < 1.29 is 5.11 Å². The summed E-state index contributed by atoms with van der Waals surface area (Å²) in [4.78, 5) is 0. The molecule has 0 saturated carbocycles. The number of hydrogen-bond donors (Lipinski definition) is 1. The topological polar surface area (TPSA) is 25.2 Å². The number of phenolic OH excluding ortho intramolecular Hbond substituents is 1. The van der Waals surface area contributed by atoms with Crippen molar-refractivity contribution in [3.05, 3.63) is 70.5 Å². The third kappa shape index (κ3) is 3.04. The maximum absolute atomic E-state index is 10.9. The quantitative estimate of drug-likeness (QED) is 0.558. The van der Waals surface area contributed by atoms with Gasteiger partial charge in [0.15, 0.2) is 0 Å². The lowest BCUT2D eigenvalue weighted by atomic mass is 9.84. The smallest absolute Gasteiger partial charge is 0.147 e. The van der Waals surface area contributed by atoms with Crippen LogP contribution in [0.5, 0.6) is 5.75 Å². The van der Waals surface area contributed by atoms with Crippen LogP contribution in [0.3, 0.4) is 0 Å². The molecule has 0 atom stereocenters. The maximum Gasteiger partial charge on any atom is 0.147 e. The average Bonchev–Trinajstić information content (AvgIpc) is 3.01. The molecule has 0 fully saturated rings. The molecule has 0 unspecified atom stereocenters. The summed E-state index contributed by atoms with van der Waals surface area (Å²) < 4.78 is 1.89. The minimum absolute atomic E-state index is 0.0852. The zero-order valence-corrected chi connectivity index (χ0v) is 15.4. The predicted octanol–water partition coefficient (Wildman–Crippen LogP) is 6.45. The van der Waals surface area contributed by atoms with Gasteiger partial charge in [0, 0.05) is 23.5 Å². The average molecular weight is 360 g/mol. The monoisotopic (exact) mass is 359 g/mol. The van der Waals surface area contributed by atoms with Gasteiger partial charge in [0.25, 0.3) is 0 Å². The molecular formula is C20H19Cl2NO. The van der Waals surface area contributed by atoms with Crippen molar-refractivity contribution in [2.75, 3.05) is 0 Å². The van der Waals surface area contributed by atoms with Gasteiger partial charge >= 0.3 is 0 Å². The van der Waals surface area contributed by atoms with E-state index in [0.717, 1.165) is 5.56 Å². The second-order valence-electron chi connectivity index (χ2n) is 6.83. The molecule has 0 saturated heterocycles. The van der Waals surface area contributed by atoms with Gasteiger partial charge in [-0.3, -0.25) is 0 Å². The molecule has 1 heterocycles. The number of phenols is 1. The number of benzene rings is 2. The molecule has 1 aromatic heterocycles. The summed E-state index contributed by atoms with van der Waals surface area (Å²) in [5, 5.41) is 11.9. The van der Waals surface area contributed by atoms with Crippen LogP contribution < -0.4 is 0 Å². The number of halogens is 2. The van der Waals surface area contributed by atoms with Crippen molar-refractivity contribution in [1.29, 1.82) is 0 Å². The van der Waals surface area contributed by atoms with Gasteiger partial charge in [-0.1, -0.05) is 50.0 Å². The highest BCUT2D eigenvalue weighted by atomic mass is 35.5. The molecule has 0 spiro atoms. The van der Waals surface area contributed by atoms with Crippen LogP contribution in [-0.4, -0.2) is 9.67 Å². The molecule has 124 valence electrons. The van der Waals surface area contributed by atoms with Gasteiger partial charge < -0.3 is 9.67 Å². The van der Waals surface area contributed by atoms with E-state index < -0.39 is 0 Å². The van der Waals surface area contributed by atoms with Gasteiger partial charge in [0.1, 0.15) is 5.75 Å². The minimum Gasteiger partial charge on any atom is -0.505 e. The summed E-state index contributed by atoms with van der Waals surface area (Å²) in [6.07, 6.45) is 3.80. The minimum atomic E-state index is -0.0852. The van der Waals surface area contributed by atoms with E-state index in [0.29, 0.717) is 26.9 Å². The third-order valence-electron chi connectivity index (χ3n) is 4.07. The Morgan fingerprint density at radius 3 is 2.04 bits per heavy atom. The Morgan fingerprint density at radius 2 is 1.50 bits per heavy atom. The normalized spacial score (nSPS) is 11.7. The van der Waals surface area contributed by atoms with Crippen molar-refractivity contribution in [3.8, 4) is 22.6 Å². The Balaban J connectivity index is 2.36. The lowest BCUT2D eigenvalue weighted by Gasteiger charge is -2.23. The van der Waals surface area contributed by atoms with E-state index in [9.17, 15) is 5.11 Å². The molecule has 0 bridgehead atoms. The molecule has 0 aliphatic carbocycles. The SMILES string of the molecule is CC(C)(C)c1cc(-c2c(Cl)cccc2Cl)c(O)c(-n2cccc2)c1. The Kier molecular flexibility index (Phi) is 4.37. The zero-order valence-electron chi connectivity index (χ0n) is 13.8. The van der Waals surface area contributed by atoms with E-state index in [1.165, 1.54) is 0 Å². The van der Waals surface area contributed by atoms with Gasteiger partial charge in [-0.2, -0.15) is 0 Å². The highest BCUT2D eigenvalue weighted by Crippen LogP contribution is 2.44. The summed E-state index contributed by atoms with van der Waals surface area (Å²) in [7, 11) is 0. The molecule has 24 heavy (non-hydrogen) atoms. The number of rotatable bonds is 2.